The van der Waals surface area contributed by atoms with E-state index in [0.29, 0.717) is 24.7 Å². The molecular formula is C34H61NO4. The molecule has 5 heteroatoms. The van der Waals surface area contributed by atoms with Gasteiger partial charge in [0.1, 0.15) is 0 Å². The molecule has 0 atom stereocenters. The molecule has 0 saturated carbocycles. The van der Waals surface area contributed by atoms with Gasteiger partial charge in [-0.2, -0.15) is 0 Å². The molecule has 0 heterocycles. The van der Waals surface area contributed by atoms with Crippen molar-refractivity contribution in [1.29, 1.82) is 0 Å². The first kappa shape index (κ1) is 35.2. The number of benzene rings is 1. The van der Waals surface area contributed by atoms with Crippen molar-refractivity contribution >= 4 is 5.69 Å². The zero-order chi connectivity index (χ0) is 28.2. The summed E-state index contributed by atoms with van der Waals surface area (Å²) >= 11 is 0. The van der Waals surface area contributed by atoms with E-state index in [9.17, 15) is 10.1 Å². The van der Waals surface area contributed by atoms with Crippen LogP contribution in [0.25, 0.3) is 0 Å². The normalized spacial score (nSPS) is 11.1. The van der Waals surface area contributed by atoms with Crippen molar-refractivity contribution in [3.8, 4) is 11.5 Å². The summed E-state index contributed by atoms with van der Waals surface area (Å²) in [6.07, 6.45) is 31.3. The van der Waals surface area contributed by atoms with Crippen LogP contribution in [0.4, 0.5) is 5.69 Å². The van der Waals surface area contributed by atoms with E-state index in [1.54, 1.807) is 6.07 Å². The van der Waals surface area contributed by atoms with Gasteiger partial charge >= 0.3 is 0 Å². The van der Waals surface area contributed by atoms with Crippen LogP contribution < -0.4 is 9.47 Å². The number of nitro benzene ring substituents is 1. The number of unbranched alkanes of at least 4 members (excludes halogenated alkanes) is 22. The average Bonchev–Trinajstić information content (AvgIpc) is 2.94. The summed E-state index contributed by atoms with van der Waals surface area (Å²) in [5, 5.41) is 11.2. The number of hydrogen-bond acceptors (Lipinski definition) is 4. The molecule has 0 fully saturated rings. The van der Waals surface area contributed by atoms with Crippen molar-refractivity contribution in [3.63, 3.8) is 0 Å². The summed E-state index contributed by atoms with van der Waals surface area (Å²) < 4.78 is 11.9. The first-order valence-corrected chi connectivity index (χ1v) is 16.7. The second kappa shape index (κ2) is 26.4. The summed E-state index contributed by atoms with van der Waals surface area (Å²) in [6, 6.07) is 4.71. The number of hydrogen-bond donors (Lipinski definition) is 0. The minimum atomic E-state index is -0.369. The van der Waals surface area contributed by atoms with Crippen molar-refractivity contribution < 1.29 is 14.4 Å². The van der Waals surface area contributed by atoms with Gasteiger partial charge < -0.3 is 9.47 Å². The molecule has 1 rings (SSSR count). The van der Waals surface area contributed by atoms with E-state index in [0.717, 1.165) is 19.3 Å². The Kier molecular flexibility index (Phi) is 23.9. The van der Waals surface area contributed by atoms with Crippen molar-refractivity contribution in [2.45, 2.75) is 168 Å². The van der Waals surface area contributed by atoms with Gasteiger partial charge in [-0.05, 0) is 18.9 Å². The molecular weight excluding hydrogens is 486 g/mol. The zero-order valence-corrected chi connectivity index (χ0v) is 25.7. The number of non-ortho nitro benzene ring substituents is 1. The lowest BCUT2D eigenvalue weighted by Gasteiger charge is -2.13. The first-order chi connectivity index (χ1) is 19.2. The molecule has 5 nitrogen and oxygen atoms in total. The van der Waals surface area contributed by atoms with Crippen molar-refractivity contribution in [2.24, 2.45) is 0 Å². The fourth-order valence-corrected chi connectivity index (χ4v) is 5.09. The van der Waals surface area contributed by atoms with E-state index < -0.39 is 0 Å². The third kappa shape index (κ3) is 20.7. The molecule has 39 heavy (non-hydrogen) atoms. The van der Waals surface area contributed by atoms with Crippen molar-refractivity contribution in [1.82, 2.24) is 0 Å². The lowest BCUT2D eigenvalue weighted by Crippen LogP contribution is -2.03. The zero-order valence-electron chi connectivity index (χ0n) is 25.7. The Labute approximate surface area is 241 Å². The Hall–Kier alpha value is -1.78. The number of nitrogens with zero attached hydrogens (tertiary/aromatic N) is 1. The Morgan fingerprint density at radius 2 is 0.846 bits per heavy atom. The van der Waals surface area contributed by atoms with E-state index in [1.165, 1.54) is 147 Å². The van der Waals surface area contributed by atoms with Crippen molar-refractivity contribution in [3.05, 3.63) is 28.3 Å². The molecule has 0 aliphatic heterocycles. The minimum Gasteiger partial charge on any atom is -0.490 e. The van der Waals surface area contributed by atoms with E-state index >= 15 is 0 Å². The second-order valence-corrected chi connectivity index (χ2v) is 11.4. The van der Waals surface area contributed by atoms with Crippen LogP contribution >= 0.6 is 0 Å². The third-order valence-electron chi connectivity index (χ3n) is 7.65. The monoisotopic (exact) mass is 547 g/mol. The Balaban J connectivity index is 2.14. The topological polar surface area (TPSA) is 61.6 Å². The van der Waals surface area contributed by atoms with Crippen LogP contribution in [0.2, 0.25) is 0 Å². The Morgan fingerprint density at radius 1 is 0.513 bits per heavy atom. The largest absolute Gasteiger partial charge is 0.490 e. The molecule has 0 aromatic heterocycles. The summed E-state index contributed by atoms with van der Waals surface area (Å²) in [7, 11) is 0. The fourth-order valence-electron chi connectivity index (χ4n) is 5.09. The quantitative estimate of drug-likeness (QED) is 0.0568. The number of ether oxygens (including phenoxy) is 2. The Morgan fingerprint density at radius 3 is 1.21 bits per heavy atom. The average molecular weight is 548 g/mol. The van der Waals surface area contributed by atoms with Gasteiger partial charge in [-0.15, -0.1) is 0 Å². The van der Waals surface area contributed by atoms with E-state index in [-0.39, 0.29) is 10.6 Å². The first-order valence-electron chi connectivity index (χ1n) is 16.7. The summed E-state index contributed by atoms with van der Waals surface area (Å²) in [6.45, 7) is 5.74. The predicted molar refractivity (Wildman–Crippen MR) is 166 cm³/mol. The summed E-state index contributed by atoms with van der Waals surface area (Å²) in [4.78, 5) is 10.9. The highest BCUT2D eigenvalue weighted by Crippen LogP contribution is 2.32. The van der Waals surface area contributed by atoms with Gasteiger partial charge in [0.2, 0.25) is 0 Å². The van der Waals surface area contributed by atoms with Crippen LogP contribution in [-0.4, -0.2) is 18.1 Å². The minimum absolute atomic E-state index is 0.0532. The van der Waals surface area contributed by atoms with Gasteiger partial charge in [-0.25, -0.2) is 0 Å². The van der Waals surface area contributed by atoms with Crippen LogP contribution in [-0.2, 0) is 0 Å². The van der Waals surface area contributed by atoms with Crippen LogP contribution in [0.3, 0.4) is 0 Å². The third-order valence-corrected chi connectivity index (χ3v) is 7.65. The highest BCUT2D eigenvalue weighted by molar-refractivity contribution is 5.48. The predicted octanol–water partition coefficient (Wildman–Crippen LogP) is 11.8. The SMILES string of the molecule is CCCCCCCCCCCCCCOc1ccc([N+](=O)[O-])cc1OCCCCCCCCCCCCCC. The van der Waals surface area contributed by atoms with Gasteiger partial charge in [0, 0.05) is 6.07 Å². The summed E-state index contributed by atoms with van der Waals surface area (Å²) in [5.74, 6) is 1.13. The van der Waals surface area contributed by atoms with Gasteiger partial charge in [-0.3, -0.25) is 10.1 Å². The maximum absolute atomic E-state index is 11.2. The number of rotatable bonds is 29. The molecule has 0 unspecified atom stereocenters. The fraction of sp³-hybridized carbons (Fsp3) is 0.824. The second-order valence-electron chi connectivity index (χ2n) is 11.4. The lowest BCUT2D eigenvalue weighted by molar-refractivity contribution is -0.385. The number of nitro groups is 1. The molecule has 0 aliphatic carbocycles. The molecule has 0 saturated heterocycles. The molecule has 0 N–H and O–H groups in total. The molecule has 226 valence electrons. The van der Waals surface area contributed by atoms with Crippen LogP contribution in [0.1, 0.15) is 168 Å². The molecule has 1 aromatic carbocycles. The molecule has 0 aliphatic rings. The molecule has 0 spiro atoms. The van der Waals surface area contributed by atoms with Gasteiger partial charge in [0.25, 0.3) is 5.69 Å². The summed E-state index contributed by atoms with van der Waals surface area (Å²) in [5.41, 5.74) is 0.0532. The van der Waals surface area contributed by atoms with E-state index in [2.05, 4.69) is 13.8 Å². The highest BCUT2D eigenvalue weighted by Gasteiger charge is 2.13. The maximum atomic E-state index is 11.2. The molecule has 0 radical (unpaired) electrons. The molecule has 0 bridgehead atoms. The molecule has 1 aromatic rings. The van der Waals surface area contributed by atoms with E-state index in [1.807, 2.05) is 0 Å². The van der Waals surface area contributed by atoms with Crippen LogP contribution in [0.5, 0.6) is 11.5 Å². The van der Waals surface area contributed by atoms with Crippen LogP contribution in [0.15, 0.2) is 18.2 Å². The Bertz CT molecular complexity index is 694. The van der Waals surface area contributed by atoms with Gasteiger partial charge in [0.05, 0.1) is 24.2 Å². The standard InChI is InChI=1S/C34H61NO4/c1-3-5-7-9-11-13-15-17-19-21-23-25-29-38-33-28-27-32(35(36)37)31-34(33)39-30-26-24-22-20-18-16-14-12-10-8-6-4-2/h27-28,31H,3-26,29-30H2,1-2H3. The smallest absolute Gasteiger partial charge is 0.273 e. The van der Waals surface area contributed by atoms with Gasteiger partial charge in [0.15, 0.2) is 11.5 Å². The van der Waals surface area contributed by atoms with Crippen LogP contribution in [0, 0.1) is 10.1 Å². The lowest BCUT2D eigenvalue weighted by atomic mass is 10.1. The highest BCUT2D eigenvalue weighted by atomic mass is 16.6. The van der Waals surface area contributed by atoms with E-state index in [4.69, 9.17) is 9.47 Å². The molecule has 0 amide bonds. The van der Waals surface area contributed by atoms with Gasteiger partial charge in [-0.1, -0.05) is 155 Å². The maximum Gasteiger partial charge on any atom is 0.273 e. The van der Waals surface area contributed by atoms with Crippen molar-refractivity contribution in [2.75, 3.05) is 13.2 Å².